The Morgan fingerprint density at radius 3 is 2.83 bits per heavy atom. The quantitative estimate of drug-likeness (QED) is 0.625. The van der Waals surface area contributed by atoms with Crippen LogP contribution in [0.25, 0.3) is 5.52 Å². The summed E-state index contributed by atoms with van der Waals surface area (Å²) in [6.07, 6.45) is 4.64. The molecule has 5 nitrogen and oxygen atoms in total. The number of pyridine rings is 1. The van der Waals surface area contributed by atoms with Gasteiger partial charge in [0.15, 0.2) is 0 Å². The van der Waals surface area contributed by atoms with Crippen molar-refractivity contribution in [2.45, 2.75) is 44.5 Å². The van der Waals surface area contributed by atoms with E-state index in [9.17, 15) is 8.78 Å². The van der Waals surface area contributed by atoms with E-state index in [0.29, 0.717) is 30.9 Å². The van der Waals surface area contributed by atoms with Crippen molar-refractivity contribution in [3.8, 4) is 5.75 Å². The molecule has 2 aliphatic heterocycles. The minimum absolute atomic E-state index is 0.0322. The molecule has 0 saturated carbocycles. The number of alkyl halides is 1. The summed E-state index contributed by atoms with van der Waals surface area (Å²) in [5.74, 6) is 0.294. The highest BCUT2D eigenvalue weighted by molar-refractivity contribution is 5.64. The van der Waals surface area contributed by atoms with Gasteiger partial charge in [-0.05, 0) is 42.8 Å². The normalized spacial score (nSPS) is 22.7. The minimum Gasteiger partial charge on any atom is -0.490 e. The zero-order valence-electron chi connectivity index (χ0n) is 16.9. The van der Waals surface area contributed by atoms with Crippen LogP contribution in [0.3, 0.4) is 0 Å². The Morgan fingerprint density at radius 1 is 1.17 bits per heavy atom. The van der Waals surface area contributed by atoms with Gasteiger partial charge in [-0.1, -0.05) is 0 Å². The van der Waals surface area contributed by atoms with Gasteiger partial charge in [-0.25, -0.2) is 13.3 Å². The summed E-state index contributed by atoms with van der Waals surface area (Å²) in [5, 5.41) is 4.31. The van der Waals surface area contributed by atoms with Gasteiger partial charge in [0.2, 0.25) is 0 Å². The summed E-state index contributed by atoms with van der Waals surface area (Å²) in [6.45, 7) is 3.58. The molecule has 0 radical (unpaired) electrons. The van der Waals surface area contributed by atoms with Crippen molar-refractivity contribution < 1.29 is 18.3 Å². The lowest BCUT2D eigenvalue weighted by Crippen LogP contribution is -2.28. The van der Waals surface area contributed by atoms with E-state index >= 15 is 0 Å². The second-order valence-electron chi connectivity index (χ2n) is 8.16. The van der Waals surface area contributed by atoms with Crippen LogP contribution in [0.15, 0.2) is 42.7 Å². The van der Waals surface area contributed by atoms with Crippen molar-refractivity contribution in [3.05, 3.63) is 59.7 Å². The van der Waals surface area contributed by atoms with Gasteiger partial charge in [0.1, 0.15) is 23.8 Å². The number of fused-ring (bicyclic) bond motifs is 1. The lowest BCUT2D eigenvalue weighted by Gasteiger charge is -2.30. The third kappa shape index (κ3) is 3.62. The van der Waals surface area contributed by atoms with Crippen LogP contribution in [0.5, 0.6) is 5.75 Å². The molecule has 0 aliphatic carbocycles. The largest absolute Gasteiger partial charge is 0.490 e. The molecule has 158 valence electrons. The molecule has 30 heavy (non-hydrogen) atoms. The molecule has 7 heteroatoms. The molecule has 3 aromatic rings. The second kappa shape index (κ2) is 7.87. The van der Waals surface area contributed by atoms with Gasteiger partial charge < -0.3 is 14.4 Å². The van der Waals surface area contributed by atoms with E-state index in [1.54, 1.807) is 10.6 Å². The number of hydrogen-bond acceptors (Lipinski definition) is 4. The molecule has 0 amide bonds. The number of nitrogens with zero attached hydrogens (tertiary/aromatic N) is 3. The molecule has 2 saturated heterocycles. The van der Waals surface area contributed by atoms with Crippen molar-refractivity contribution in [1.82, 2.24) is 9.61 Å². The molecule has 1 unspecified atom stereocenters. The van der Waals surface area contributed by atoms with Crippen LogP contribution in [0.1, 0.15) is 36.4 Å². The summed E-state index contributed by atoms with van der Waals surface area (Å²) >= 11 is 0. The summed E-state index contributed by atoms with van der Waals surface area (Å²) in [5.41, 5.74) is 3.63. The van der Waals surface area contributed by atoms with E-state index in [-0.39, 0.29) is 24.5 Å². The third-order valence-corrected chi connectivity index (χ3v) is 6.07. The molecule has 2 fully saturated rings. The zero-order chi connectivity index (χ0) is 20.7. The highest BCUT2D eigenvalue weighted by Gasteiger charge is 2.36. The standard InChI is InChI=1S/C23H25F2N3O2/c1-15-13-26-28-7-4-18(12-21(15)28)27-14-17(25)11-22(27)20-10-16(24)2-3-23(20)30-19-5-8-29-9-6-19/h2-4,7,10,12-13,17,19,22H,5-6,8-9,11,14H2,1H3/t17?,22-/m1/s1. The maximum absolute atomic E-state index is 14.6. The number of rotatable bonds is 4. The van der Waals surface area contributed by atoms with Crippen molar-refractivity contribution in [2.24, 2.45) is 0 Å². The van der Waals surface area contributed by atoms with E-state index < -0.39 is 6.17 Å². The first-order valence-corrected chi connectivity index (χ1v) is 10.5. The number of anilines is 1. The number of hydrogen-bond donors (Lipinski definition) is 0. The fraction of sp³-hybridized carbons (Fsp3) is 0.435. The van der Waals surface area contributed by atoms with Gasteiger partial charge in [-0.2, -0.15) is 5.10 Å². The van der Waals surface area contributed by atoms with Crippen LogP contribution < -0.4 is 9.64 Å². The molecule has 0 N–H and O–H groups in total. The van der Waals surface area contributed by atoms with Crippen molar-refractivity contribution in [2.75, 3.05) is 24.7 Å². The number of ether oxygens (including phenoxy) is 2. The molecule has 2 aliphatic rings. The van der Waals surface area contributed by atoms with Crippen LogP contribution in [0.4, 0.5) is 14.5 Å². The van der Waals surface area contributed by atoms with E-state index in [1.165, 1.54) is 12.1 Å². The maximum atomic E-state index is 14.6. The first kappa shape index (κ1) is 19.3. The van der Waals surface area contributed by atoms with E-state index in [0.717, 1.165) is 29.6 Å². The van der Waals surface area contributed by atoms with E-state index in [4.69, 9.17) is 9.47 Å². The fourth-order valence-electron chi connectivity index (χ4n) is 4.50. The number of aromatic nitrogens is 2. The van der Waals surface area contributed by atoms with Crippen LogP contribution in [0, 0.1) is 12.7 Å². The zero-order valence-corrected chi connectivity index (χ0v) is 16.9. The molecule has 2 aromatic heterocycles. The van der Waals surface area contributed by atoms with Gasteiger partial charge in [0, 0.05) is 43.3 Å². The van der Waals surface area contributed by atoms with E-state index in [1.807, 2.05) is 36.4 Å². The lowest BCUT2D eigenvalue weighted by molar-refractivity contribution is 0.0250. The predicted octanol–water partition coefficient (Wildman–Crippen LogP) is 4.63. The van der Waals surface area contributed by atoms with Gasteiger partial charge in [0.05, 0.1) is 31.0 Å². The van der Waals surface area contributed by atoms with Gasteiger partial charge >= 0.3 is 0 Å². The van der Waals surface area contributed by atoms with Crippen molar-refractivity contribution in [3.63, 3.8) is 0 Å². The van der Waals surface area contributed by atoms with Gasteiger partial charge in [-0.15, -0.1) is 0 Å². The molecule has 0 bridgehead atoms. The summed E-state index contributed by atoms with van der Waals surface area (Å²) in [7, 11) is 0. The molecule has 2 atom stereocenters. The number of aryl methyl sites for hydroxylation is 1. The molecular formula is C23H25F2N3O2. The molecule has 4 heterocycles. The van der Waals surface area contributed by atoms with Gasteiger partial charge in [0.25, 0.3) is 0 Å². The average Bonchev–Trinajstić information content (AvgIpc) is 3.32. The Kier molecular flexibility index (Phi) is 5.06. The Bertz CT molecular complexity index is 1050. The first-order valence-electron chi connectivity index (χ1n) is 10.5. The van der Waals surface area contributed by atoms with Crippen molar-refractivity contribution >= 4 is 11.2 Å². The Morgan fingerprint density at radius 2 is 2.00 bits per heavy atom. The number of benzene rings is 1. The molecule has 1 aromatic carbocycles. The van der Waals surface area contributed by atoms with Gasteiger partial charge in [-0.3, -0.25) is 0 Å². The molecule has 5 rings (SSSR count). The molecular weight excluding hydrogens is 388 g/mol. The monoisotopic (exact) mass is 413 g/mol. The predicted molar refractivity (Wildman–Crippen MR) is 110 cm³/mol. The van der Waals surface area contributed by atoms with Crippen LogP contribution in [0.2, 0.25) is 0 Å². The SMILES string of the molecule is Cc1cnn2ccc(N3CC(F)C[C@@H]3c3cc(F)ccc3OC3CCOCC3)cc12. The van der Waals surface area contributed by atoms with Crippen molar-refractivity contribution in [1.29, 1.82) is 0 Å². The van der Waals surface area contributed by atoms with Crippen LogP contribution >= 0.6 is 0 Å². The Balaban J connectivity index is 1.50. The van der Waals surface area contributed by atoms with Crippen LogP contribution in [-0.2, 0) is 4.74 Å². The minimum atomic E-state index is -0.989. The second-order valence-corrected chi connectivity index (χ2v) is 8.16. The average molecular weight is 413 g/mol. The number of halogens is 2. The fourth-order valence-corrected chi connectivity index (χ4v) is 4.50. The topological polar surface area (TPSA) is 39.0 Å². The first-order chi connectivity index (χ1) is 14.6. The van der Waals surface area contributed by atoms with Crippen LogP contribution in [-0.4, -0.2) is 41.6 Å². The summed E-state index contributed by atoms with van der Waals surface area (Å²) < 4.78 is 42.3. The smallest absolute Gasteiger partial charge is 0.125 e. The summed E-state index contributed by atoms with van der Waals surface area (Å²) in [4.78, 5) is 2.02. The van der Waals surface area contributed by atoms with E-state index in [2.05, 4.69) is 5.10 Å². The highest BCUT2D eigenvalue weighted by atomic mass is 19.1. The Labute approximate surface area is 174 Å². The highest BCUT2D eigenvalue weighted by Crippen LogP contribution is 2.42. The third-order valence-electron chi connectivity index (χ3n) is 6.07. The summed E-state index contributed by atoms with van der Waals surface area (Å²) in [6, 6.07) is 8.23. The lowest BCUT2D eigenvalue weighted by atomic mass is 10.0. The maximum Gasteiger partial charge on any atom is 0.125 e. The Hall–Kier alpha value is -2.67. The molecule has 0 spiro atoms.